The predicted molar refractivity (Wildman–Crippen MR) is 110 cm³/mol. The van der Waals surface area contributed by atoms with Crippen molar-refractivity contribution in [2.45, 2.75) is 18.1 Å². The molecule has 0 saturated carbocycles. The fourth-order valence-corrected chi connectivity index (χ4v) is 3.55. The fourth-order valence-electron chi connectivity index (χ4n) is 3.29. The lowest BCUT2D eigenvalue weighted by molar-refractivity contribution is -0.143. The molecule has 3 N–H and O–H groups in total. The van der Waals surface area contributed by atoms with E-state index in [0.717, 1.165) is 4.47 Å². The second kappa shape index (κ2) is 9.52. The number of carbonyl (C=O) groups is 1. The molecule has 3 nitrogen and oxygen atoms in total. The Hall–Kier alpha value is -2.92. The predicted octanol–water partition coefficient (Wildman–Crippen LogP) is 6.12. The zero-order valence-corrected chi connectivity index (χ0v) is 17.9. The first-order valence-corrected chi connectivity index (χ1v) is 10.0. The van der Waals surface area contributed by atoms with E-state index in [1.165, 1.54) is 0 Å². The molecule has 1 unspecified atom stereocenters. The van der Waals surface area contributed by atoms with E-state index in [1.54, 1.807) is 59.9 Å². The van der Waals surface area contributed by atoms with E-state index in [9.17, 15) is 35.5 Å². The lowest BCUT2D eigenvalue weighted by atomic mass is 9.85. The van der Waals surface area contributed by atoms with Crippen LogP contribution >= 0.6 is 15.9 Å². The summed E-state index contributed by atoms with van der Waals surface area (Å²) in [5, 5.41) is 1.60. The first-order valence-electron chi connectivity index (χ1n) is 9.23. The number of hydrogen-bond acceptors (Lipinski definition) is 2. The summed E-state index contributed by atoms with van der Waals surface area (Å²) >= 11 is 3.27. The van der Waals surface area contributed by atoms with Crippen molar-refractivity contribution >= 4 is 27.5 Å². The molecule has 3 aromatic carbocycles. The van der Waals surface area contributed by atoms with Crippen LogP contribution in [0.1, 0.15) is 22.6 Å². The second-order valence-electron chi connectivity index (χ2n) is 6.96. The average molecular weight is 535 g/mol. The number of rotatable bonds is 5. The zero-order valence-electron chi connectivity index (χ0n) is 16.4. The third kappa shape index (κ3) is 5.03. The Morgan fingerprint density at radius 2 is 1.30 bits per heavy atom. The lowest BCUT2D eigenvalue weighted by Crippen LogP contribution is -2.41. The van der Waals surface area contributed by atoms with Gasteiger partial charge in [-0.1, -0.05) is 58.4 Å². The monoisotopic (exact) mass is 534 g/mol. The van der Waals surface area contributed by atoms with Crippen molar-refractivity contribution < 1.29 is 35.5 Å². The SMILES string of the molecule is N[C@H](C(=O)Nc1c(F)c(F)c(C(F)(F)F)c(F)c1F)C(c1ccccc1)c1ccc(Br)cc1. The number of benzene rings is 3. The molecule has 3 rings (SSSR count). The fraction of sp³-hybridized carbons (Fsp3) is 0.136. The highest BCUT2D eigenvalue weighted by molar-refractivity contribution is 9.10. The summed E-state index contributed by atoms with van der Waals surface area (Å²) in [4.78, 5) is 12.7. The largest absolute Gasteiger partial charge is 0.422 e. The maximum absolute atomic E-state index is 14.2. The Labute approximate surface area is 191 Å². The maximum atomic E-state index is 14.2. The third-order valence-electron chi connectivity index (χ3n) is 4.84. The number of alkyl halides is 3. The highest BCUT2D eigenvalue weighted by Crippen LogP contribution is 2.38. The minimum atomic E-state index is -5.70. The van der Waals surface area contributed by atoms with E-state index in [1.807, 2.05) is 0 Å². The Bertz CT molecular complexity index is 1140. The number of nitrogens with two attached hydrogens (primary N) is 1. The lowest BCUT2D eigenvalue weighted by Gasteiger charge is -2.25. The molecule has 0 spiro atoms. The van der Waals surface area contributed by atoms with Crippen LogP contribution in [0.15, 0.2) is 59.1 Å². The summed E-state index contributed by atoms with van der Waals surface area (Å²) in [5.41, 5.74) is 2.67. The summed E-state index contributed by atoms with van der Waals surface area (Å²) in [6.07, 6.45) is -5.70. The Kier molecular flexibility index (Phi) is 7.13. The molecule has 0 fully saturated rings. The van der Waals surface area contributed by atoms with E-state index in [-0.39, 0.29) is 0 Å². The topological polar surface area (TPSA) is 55.1 Å². The summed E-state index contributed by atoms with van der Waals surface area (Å²) in [6, 6.07) is 13.3. The van der Waals surface area contributed by atoms with Crippen LogP contribution in [0.5, 0.6) is 0 Å². The van der Waals surface area contributed by atoms with Gasteiger partial charge in [0.15, 0.2) is 23.3 Å². The summed E-state index contributed by atoms with van der Waals surface area (Å²) < 4.78 is 95.2. The summed E-state index contributed by atoms with van der Waals surface area (Å²) in [5.74, 6) is -12.3. The van der Waals surface area contributed by atoms with E-state index >= 15 is 0 Å². The molecule has 3 aromatic rings. The molecule has 0 aliphatic heterocycles. The average Bonchev–Trinajstić information content (AvgIpc) is 2.76. The Balaban J connectivity index is 2.01. The first kappa shape index (κ1) is 24.7. The number of hydrogen-bond donors (Lipinski definition) is 2. The smallest absolute Gasteiger partial charge is 0.320 e. The highest BCUT2D eigenvalue weighted by atomic mass is 79.9. The van der Waals surface area contributed by atoms with Crippen molar-refractivity contribution in [1.29, 1.82) is 0 Å². The van der Waals surface area contributed by atoms with Crippen molar-refractivity contribution in [2.24, 2.45) is 5.73 Å². The highest BCUT2D eigenvalue weighted by Gasteiger charge is 2.43. The molecule has 0 bridgehead atoms. The van der Waals surface area contributed by atoms with Gasteiger partial charge in [-0.3, -0.25) is 4.79 Å². The number of nitrogens with one attached hydrogen (secondary N) is 1. The van der Waals surface area contributed by atoms with Gasteiger partial charge in [-0.05, 0) is 23.3 Å². The second-order valence-corrected chi connectivity index (χ2v) is 7.87. The van der Waals surface area contributed by atoms with Crippen molar-refractivity contribution in [2.75, 3.05) is 5.32 Å². The van der Waals surface area contributed by atoms with Crippen LogP contribution in [-0.2, 0) is 11.0 Å². The van der Waals surface area contributed by atoms with Crippen LogP contribution in [0.3, 0.4) is 0 Å². The molecule has 0 saturated heterocycles. The normalized spacial score (nSPS) is 13.5. The van der Waals surface area contributed by atoms with E-state index < -0.39 is 58.6 Å². The number of carbonyl (C=O) groups excluding carboxylic acids is 1. The molecule has 33 heavy (non-hydrogen) atoms. The van der Waals surface area contributed by atoms with Gasteiger partial charge in [0.2, 0.25) is 5.91 Å². The van der Waals surface area contributed by atoms with Crippen molar-refractivity contribution in [3.05, 3.63) is 99.0 Å². The van der Waals surface area contributed by atoms with Gasteiger partial charge in [-0.2, -0.15) is 13.2 Å². The van der Waals surface area contributed by atoms with Gasteiger partial charge < -0.3 is 11.1 Å². The van der Waals surface area contributed by atoms with Gasteiger partial charge in [0.05, 0.1) is 6.04 Å². The molecule has 0 heterocycles. The molecular formula is C22H14BrF7N2O. The number of anilines is 1. The number of halogens is 8. The van der Waals surface area contributed by atoms with Crippen LogP contribution in [0, 0.1) is 23.3 Å². The van der Waals surface area contributed by atoms with Gasteiger partial charge in [0.1, 0.15) is 11.3 Å². The van der Waals surface area contributed by atoms with Crippen LogP contribution in [-0.4, -0.2) is 11.9 Å². The summed E-state index contributed by atoms with van der Waals surface area (Å²) in [7, 11) is 0. The van der Waals surface area contributed by atoms with Crippen molar-refractivity contribution in [1.82, 2.24) is 0 Å². The molecule has 11 heteroatoms. The van der Waals surface area contributed by atoms with E-state index in [2.05, 4.69) is 15.9 Å². The third-order valence-corrected chi connectivity index (χ3v) is 5.37. The number of amides is 1. The van der Waals surface area contributed by atoms with E-state index in [0.29, 0.717) is 11.1 Å². The molecule has 0 aromatic heterocycles. The quantitative estimate of drug-likeness (QED) is 0.306. The van der Waals surface area contributed by atoms with Crippen LogP contribution in [0.2, 0.25) is 0 Å². The maximum Gasteiger partial charge on any atom is 0.422 e. The van der Waals surface area contributed by atoms with Gasteiger partial charge in [0.25, 0.3) is 0 Å². The summed E-state index contributed by atoms with van der Waals surface area (Å²) in [6.45, 7) is 0. The Morgan fingerprint density at radius 1 is 0.818 bits per heavy atom. The molecule has 1 amide bonds. The molecule has 0 radical (unpaired) electrons. The van der Waals surface area contributed by atoms with Crippen molar-refractivity contribution in [3.8, 4) is 0 Å². The molecule has 0 aliphatic carbocycles. The standard InChI is InChI=1S/C22H14BrF7N2O/c23-12-8-6-11(7-9-12)13(10-4-2-1-3-5-10)19(31)21(33)32-20-17(26)15(24)14(22(28,29)30)16(25)18(20)27/h1-9,13,19H,31H2,(H,32,33)/t13?,19-/m0/s1. The van der Waals surface area contributed by atoms with Gasteiger partial charge in [-0.15, -0.1) is 0 Å². The minimum Gasteiger partial charge on any atom is -0.320 e. The van der Waals surface area contributed by atoms with Crippen LogP contribution in [0.25, 0.3) is 0 Å². The first-order chi connectivity index (χ1) is 15.4. The van der Waals surface area contributed by atoms with Gasteiger partial charge in [0, 0.05) is 10.4 Å². The Morgan fingerprint density at radius 3 is 1.79 bits per heavy atom. The van der Waals surface area contributed by atoms with E-state index in [4.69, 9.17) is 5.73 Å². The van der Waals surface area contributed by atoms with Crippen molar-refractivity contribution in [3.63, 3.8) is 0 Å². The van der Waals surface area contributed by atoms with Crippen LogP contribution < -0.4 is 11.1 Å². The van der Waals surface area contributed by atoms with Gasteiger partial charge in [-0.25, -0.2) is 17.6 Å². The van der Waals surface area contributed by atoms with Crippen LogP contribution in [0.4, 0.5) is 36.4 Å². The minimum absolute atomic E-state index is 0.526. The molecule has 0 aliphatic rings. The zero-order chi connectivity index (χ0) is 24.5. The molecular weight excluding hydrogens is 521 g/mol. The van der Waals surface area contributed by atoms with Gasteiger partial charge >= 0.3 is 6.18 Å². The molecule has 2 atom stereocenters. The molecule has 174 valence electrons.